The van der Waals surface area contributed by atoms with E-state index in [1.807, 2.05) is 18.2 Å². The van der Waals surface area contributed by atoms with Gasteiger partial charge in [0.1, 0.15) is 0 Å². The predicted octanol–water partition coefficient (Wildman–Crippen LogP) is 1.38. The maximum Gasteiger partial charge on any atom is 0.224 e. The Labute approximate surface area is 71.7 Å². The van der Waals surface area contributed by atoms with Crippen molar-refractivity contribution >= 4 is 5.91 Å². The minimum atomic E-state index is 0.110. The van der Waals surface area contributed by atoms with E-state index in [2.05, 4.69) is 17.5 Å². The van der Waals surface area contributed by atoms with Crippen molar-refractivity contribution in [2.24, 2.45) is 11.8 Å². The lowest BCUT2D eigenvalue weighted by atomic mass is 9.86. The minimum Gasteiger partial charge on any atom is -0.333 e. The summed E-state index contributed by atoms with van der Waals surface area (Å²) in [6.45, 7) is 0. The summed E-state index contributed by atoms with van der Waals surface area (Å²) in [7, 11) is 0. The van der Waals surface area contributed by atoms with E-state index >= 15 is 0 Å². The fourth-order valence-electron chi connectivity index (χ4n) is 1.61. The largest absolute Gasteiger partial charge is 0.333 e. The van der Waals surface area contributed by atoms with Crippen molar-refractivity contribution in [3.8, 4) is 0 Å². The van der Waals surface area contributed by atoms with Gasteiger partial charge in [0.25, 0.3) is 0 Å². The number of fused-ring (bicyclic) bond motifs is 1. The van der Waals surface area contributed by atoms with E-state index < -0.39 is 0 Å². The van der Waals surface area contributed by atoms with Crippen molar-refractivity contribution in [3.63, 3.8) is 0 Å². The Morgan fingerprint density at radius 3 is 3.00 bits per heavy atom. The normalized spacial score (nSPS) is 32.5. The second-order valence-corrected chi connectivity index (χ2v) is 3.14. The van der Waals surface area contributed by atoms with Crippen LogP contribution in [-0.4, -0.2) is 5.91 Å². The third-order valence-corrected chi connectivity index (χ3v) is 2.28. The Bertz CT molecular complexity index is 276. The van der Waals surface area contributed by atoms with Gasteiger partial charge in [0, 0.05) is 18.5 Å². The van der Waals surface area contributed by atoms with Gasteiger partial charge < -0.3 is 5.32 Å². The monoisotopic (exact) mass is 161 g/mol. The zero-order valence-corrected chi connectivity index (χ0v) is 6.73. The summed E-state index contributed by atoms with van der Waals surface area (Å²) in [4.78, 5) is 11.1. The molecule has 0 aromatic carbocycles. The van der Waals surface area contributed by atoms with Gasteiger partial charge in [0.15, 0.2) is 0 Å². The van der Waals surface area contributed by atoms with Crippen LogP contribution >= 0.6 is 0 Å². The van der Waals surface area contributed by atoms with Crippen molar-refractivity contribution < 1.29 is 4.79 Å². The maximum absolute atomic E-state index is 11.1. The Morgan fingerprint density at radius 2 is 2.08 bits per heavy atom. The number of carbonyl (C=O) groups is 1. The number of allylic oxidation sites excluding steroid dienone is 5. The van der Waals surface area contributed by atoms with Crippen LogP contribution in [0.2, 0.25) is 0 Å². The fourth-order valence-corrected chi connectivity index (χ4v) is 1.61. The Morgan fingerprint density at radius 1 is 1.25 bits per heavy atom. The molecule has 2 unspecified atom stereocenters. The molecule has 0 saturated carbocycles. The molecule has 1 N–H and O–H groups in total. The molecule has 0 bridgehead atoms. The lowest BCUT2D eigenvalue weighted by Gasteiger charge is -2.17. The summed E-state index contributed by atoms with van der Waals surface area (Å²) < 4.78 is 0. The standard InChI is InChI=1S/C10H11NO/c12-10-7-9-4-2-1-3-8(9)5-6-11-10/h1-6,8-9H,7H2,(H,11,12). The van der Waals surface area contributed by atoms with Crippen LogP contribution in [0.5, 0.6) is 0 Å². The van der Waals surface area contributed by atoms with Crippen LogP contribution in [0.4, 0.5) is 0 Å². The third-order valence-electron chi connectivity index (χ3n) is 2.28. The van der Waals surface area contributed by atoms with Crippen LogP contribution in [0.3, 0.4) is 0 Å². The van der Waals surface area contributed by atoms with Gasteiger partial charge in [-0.05, 0) is 5.92 Å². The highest BCUT2D eigenvalue weighted by Crippen LogP contribution is 2.25. The van der Waals surface area contributed by atoms with Crippen LogP contribution in [0.25, 0.3) is 0 Å². The quantitative estimate of drug-likeness (QED) is 0.571. The van der Waals surface area contributed by atoms with Gasteiger partial charge in [-0.2, -0.15) is 0 Å². The summed E-state index contributed by atoms with van der Waals surface area (Å²) >= 11 is 0. The van der Waals surface area contributed by atoms with Gasteiger partial charge in [-0.3, -0.25) is 4.79 Å². The van der Waals surface area contributed by atoms with Crippen LogP contribution < -0.4 is 5.32 Å². The molecule has 2 heteroatoms. The van der Waals surface area contributed by atoms with Crippen molar-refractivity contribution in [2.75, 3.05) is 0 Å². The minimum absolute atomic E-state index is 0.110. The van der Waals surface area contributed by atoms with Crippen LogP contribution in [0.15, 0.2) is 36.6 Å². The Hall–Kier alpha value is -1.31. The van der Waals surface area contributed by atoms with E-state index in [-0.39, 0.29) is 5.91 Å². The van der Waals surface area contributed by atoms with Crippen molar-refractivity contribution in [3.05, 3.63) is 36.6 Å². The molecule has 62 valence electrons. The van der Waals surface area contributed by atoms with Crippen LogP contribution in [0, 0.1) is 11.8 Å². The molecule has 0 aromatic rings. The molecule has 0 radical (unpaired) electrons. The molecule has 1 aliphatic carbocycles. The average Bonchev–Trinajstić information content (AvgIpc) is 2.25. The van der Waals surface area contributed by atoms with E-state index in [4.69, 9.17) is 0 Å². The zero-order valence-electron chi connectivity index (χ0n) is 6.73. The van der Waals surface area contributed by atoms with Gasteiger partial charge >= 0.3 is 0 Å². The lowest BCUT2D eigenvalue weighted by molar-refractivity contribution is -0.120. The molecule has 0 spiro atoms. The average molecular weight is 161 g/mol. The smallest absolute Gasteiger partial charge is 0.224 e. The molecule has 0 fully saturated rings. The van der Waals surface area contributed by atoms with E-state index in [9.17, 15) is 4.79 Å². The Balaban J connectivity index is 2.21. The fraction of sp³-hybridized carbons (Fsp3) is 0.300. The van der Waals surface area contributed by atoms with E-state index in [0.29, 0.717) is 18.3 Å². The SMILES string of the molecule is O=C1CC2C=CC=CC2C=CN1. The molecule has 1 heterocycles. The van der Waals surface area contributed by atoms with Crippen LogP contribution in [0.1, 0.15) is 6.42 Å². The molecule has 12 heavy (non-hydrogen) atoms. The number of rotatable bonds is 0. The number of hydrogen-bond acceptors (Lipinski definition) is 1. The van der Waals surface area contributed by atoms with Gasteiger partial charge in [0.2, 0.25) is 5.91 Å². The highest BCUT2D eigenvalue weighted by Gasteiger charge is 2.20. The van der Waals surface area contributed by atoms with Gasteiger partial charge in [-0.1, -0.05) is 30.4 Å². The highest BCUT2D eigenvalue weighted by atomic mass is 16.1. The molecule has 2 rings (SSSR count). The first kappa shape index (κ1) is 7.35. The second kappa shape index (κ2) is 2.97. The molecule has 2 nitrogen and oxygen atoms in total. The predicted molar refractivity (Wildman–Crippen MR) is 47.2 cm³/mol. The summed E-state index contributed by atoms with van der Waals surface area (Å²) in [5, 5.41) is 2.71. The second-order valence-electron chi connectivity index (χ2n) is 3.14. The molecule has 0 saturated heterocycles. The third kappa shape index (κ3) is 1.33. The summed E-state index contributed by atoms with van der Waals surface area (Å²) in [5.41, 5.74) is 0. The number of amides is 1. The Kier molecular flexibility index (Phi) is 1.82. The topological polar surface area (TPSA) is 29.1 Å². The first-order valence-corrected chi connectivity index (χ1v) is 4.17. The summed E-state index contributed by atoms with van der Waals surface area (Å²) in [5.74, 6) is 0.862. The van der Waals surface area contributed by atoms with E-state index in [1.54, 1.807) is 6.20 Å². The molecule has 1 amide bonds. The lowest BCUT2D eigenvalue weighted by Crippen LogP contribution is -2.19. The molecular weight excluding hydrogens is 150 g/mol. The summed E-state index contributed by atoms with van der Waals surface area (Å²) in [6, 6.07) is 0. The van der Waals surface area contributed by atoms with Crippen molar-refractivity contribution in [1.82, 2.24) is 5.32 Å². The molecule has 0 aromatic heterocycles. The maximum atomic E-state index is 11.1. The van der Waals surface area contributed by atoms with E-state index in [1.165, 1.54) is 0 Å². The molecule has 2 atom stereocenters. The first-order chi connectivity index (χ1) is 5.86. The van der Waals surface area contributed by atoms with Gasteiger partial charge in [-0.25, -0.2) is 0 Å². The molecular formula is C10H11NO. The van der Waals surface area contributed by atoms with Gasteiger partial charge in [-0.15, -0.1) is 0 Å². The first-order valence-electron chi connectivity index (χ1n) is 4.17. The number of nitrogens with one attached hydrogen (secondary N) is 1. The number of hydrogen-bond donors (Lipinski definition) is 1. The van der Waals surface area contributed by atoms with E-state index in [0.717, 1.165) is 0 Å². The van der Waals surface area contributed by atoms with Crippen molar-refractivity contribution in [1.29, 1.82) is 0 Å². The van der Waals surface area contributed by atoms with Crippen molar-refractivity contribution in [2.45, 2.75) is 6.42 Å². The number of carbonyl (C=O) groups excluding carboxylic acids is 1. The zero-order chi connectivity index (χ0) is 8.39. The van der Waals surface area contributed by atoms with Gasteiger partial charge in [0.05, 0.1) is 0 Å². The summed E-state index contributed by atoms with van der Waals surface area (Å²) in [6.07, 6.45) is 12.6. The highest BCUT2D eigenvalue weighted by molar-refractivity contribution is 5.78. The molecule has 1 aliphatic heterocycles. The molecule has 2 aliphatic rings. The van der Waals surface area contributed by atoms with Crippen LogP contribution in [-0.2, 0) is 4.79 Å².